The minimum absolute atomic E-state index is 0.422. The van der Waals surface area contributed by atoms with Gasteiger partial charge in [-0.25, -0.2) is 9.59 Å². The first-order valence-electron chi connectivity index (χ1n) is 7.98. The lowest BCUT2D eigenvalue weighted by Gasteiger charge is -2.38. The van der Waals surface area contributed by atoms with Crippen molar-refractivity contribution in [1.82, 2.24) is 4.90 Å². The second kappa shape index (κ2) is 6.24. The van der Waals surface area contributed by atoms with Crippen molar-refractivity contribution >= 4 is 12.1 Å². The summed E-state index contributed by atoms with van der Waals surface area (Å²) in [7, 11) is 0. The third kappa shape index (κ3) is 4.90. The molecule has 2 fully saturated rings. The van der Waals surface area contributed by atoms with E-state index in [2.05, 4.69) is 0 Å². The number of ether oxygens (including phenoxy) is 1. The van der Waals surface area contributed by atoms with E-state index in [0.29, 0.717) is 18.9 Å². The van der Waals surface area contributed by atoms with E-state index in [-0.39, 0.29) is 0 Å². The van der Waals surface area contributed by atoms with Crippen molar-refractivity contribution < 1.29 is 19.4 Å². The van der Waals surface area contributed by atoms with Crippen LogP contribution in [0.15, 0.2) is 0 Å². The van der Waals surface area contributed by atoms with Gasteiger partial charge in [0.2, 0.25) is 0 Å². The number of nitrogens with zero attached hydrogens (tertiary/aromatic N) is 1. The molecule has 0 bridgehead atoms. The summed E-state index contributed by atoms with van der Waals surface area (Å²) in [6, 6.07) is -0.738. The Morgan fingerprint density at radius 3 is 2.29 bits per heavy atom. The van der Waals surface area contributed by atoms with Gasteiger partial charge in [-0.2, -0.15) is 0 Å². The van der Waals surface area contributed by atoms with Crippen molar-refractivity contribution in [2.75, 3.05) is 6.54 Å². The van der Waals surface area contributed by atoms with Crippen LogP contribution in [0.4, 0.5) is 4.79 Å². The molecule has 1 amide bonds. The maximum absolute atomic E-state index is 12.2. The normalized spacial score (nSPS) is 26.5. The van der Waals surface area contributed by atoms with Gasteiger partial charge in [0.15, 0.2) is 0 Å². The fourth-order valence-electron chi connectivity index (χ4n) is 2.95. The molecule has 120 valence electrons. The van der Waals surface area contributed by atoms with Crippen LogP contribution in [-0.2, 0) is 9.53 Å². The van der Waals surface area contributed by atoms with E-state index in [4.69, 9.17) is 4.74 Å². The largest absolute Gasteiger partial charge is 0.480 e. The van der Waals surface area contributed by atoms with Crippen LogP contribution in [0.1, 0.15) is 59.3 Å². The first kappa shape index (κ1) is 16.1. The molecule has 5 heteroatoms. The van der Waals surface area contributed by atoms with E-state index in [1.54, 1.807) is 20.8 Å². The topological polar surface area (TPSA) is 66.8 Å². The van der Waals surface area contributed by atoms with Gasteiger partial charge in [0.05, 0.1) is 0 Å². The molecule has 0 aromatic carbocycles. The second-order valence-corrected chi connectivity index (χ2v) is 7.44. The third-order valence-electron chi connectivity index (χ3n) is 4.30. The predicted octanol–water partition coefficient (Wildman–Crippen LogP) is 3.28. The average Bonchev–Trinajstić information content (AvgIpc) is 3.17. The Bertz CT molecular complexity index is 398. The molecule has 1 saturated carbocycles. The van der Waals surface area contributed by atoms with Gasteiger partial charge in [0.25, 0.3) is 0 Å². The van der Waals surface area contributed by atoms with Crippen molar-refractivity contribution in [2.24, 2.45) is 11.8 Å². The number of carboxylic acids is 1. The highest BCUT2D eigenvalue weighted by atomic mass is 16.6. The summed E-state index contributed by atoms with van der Waals surface area (Å²) in [6.07, 6.45) is 5.91. The molecule has 0 spiro atoms. The molecule has 5 nitrogen and oxygen atoms in total. The van der Waals surface area contributed by atoms with E-state index < -0.39 is 23.7 Å². The van der Waals surface area contributed by atoms with Crippen LogP contribution in [0.25, 0.3) is 0 Å². The van der Waals surface area contributed by atoms with Crippen LogP contribution in [0.3, 0.4) is 0 Å². The van der Waals surface area contributed by atoms with Crippen molar-refractivity contribution in [3.63, 3.8) is 0 Å². The quantitative estimate of drug-likeness (QED) is 0.864. The maximum Gasteiger partial charge on any atom is 0.411 e. The van der Waals surface area contributed by atoms with E-state index >= 15 is 0 Å². The number of hydrogen-bond donors (Lipinski definition) is 1. The van der Waals surface area contributed by atoms with Crippen LogP contribution in [0.5, 0.6) is 0 Å². The summed E-state index contributed by atoms with van der Waals surface area (Å²) in [5.41, 5.74) is -0.594. The molecule has 1 N–H and O–H groups in total. The number of aliphatic carboxylic acids is 1. The summed E-state index contributed by atoms with van der Waals surface area (Å²) in [5.74, 6) is 0.375. The van der Waals surface area contributed by atoms with Gasteiger partial charge in [-0.3, -0.25) is 4.90 Å². The molecule has 2 aliphatic rings. The summed E-state index contributed by atoms with van der Waals surface area (Å²) in [5, 5.41) is 9.41. The molecule has 0 aromatic heterocycles. The summed E-state index contributed by atoms with van der Waals surface area (Å²) >= 11 is 0. The third-order valence-corrected chi connectivity index (χ3v) is 4.30. The van der Waals surface area contributed by atoms with Crippen molar-refractivity contribution in [3.05, 3.63) is 0 Å². The van der Waals surface area contributed by atoms with Gasteiger partial charge in [-0.15, -0.1) is 0 Å². The van der Waals surface area contributed by atoms with E-state index in [1.165, 1.54) is 24.2 Å². The molecular formula is C16H27NO4. The van der Waals surface area contributed by atoms with Gasteiger partial charge in [-0.1, -0.05) is 25.7 Å². The molecule has 1 aliphatic heterocycles. The van der Waals surface area contributed by atoms with Crippen molar-refractivity contribution in [2.45, 2.75) is 70.9 Å². The summed E-state index contributed by atoms with van der Waals surface area (Å²) in [6.45, 7) is 5.87. The minimum atomic E-state index is -0.919. The molecule has 2 atom stereocenters. The van der Waals surface area contributed by atoms with Gasteiger partial charge >= 0.3 is 12.1 Å². The predicted molar refractivity (Wildman–Crippen MR) is 79.0 cm³/mol. The Labute approximate surface area is 126 Å². The standard InChI is InChI=1S/C16H27NO4/c1-16(2,3)21-15(20)17-9-8-12(7-6-11-4-5-11)10-13(17)14(18)19/h11-13H,4-10H2,1-3H3,(H,18,19)/t12-,13+/m1/s1. The average molecular weight is 297 g/mol. The Hall–Kier alpha value is -1.26. The molecule has 0 unspecified atom stereocenters. The van der Waals surface area contributed by atoms with E-state index in [1.807, 2.05) is 0 Å². The monoisotopic (exact) mass is 297 g/mol. The maximum atomic E-state index is 12.2. The van der Waals surface area contributed by atoms with Crippen LogP contribution in [-0.4, -0.2) is 40.3 Å². The fraction of sp³-hybridized carbons (Fsp3) is 0.875. The number of carbonyl (C=O) groups is 2. The number of rotatable bonds is 4. The Morgan fingerprint density at radius 2 is 1.76 bits per heavy atom. The highest BCUT2D eigenvalue weighted by Gasteiger charge is 2.38. The lowest BCUT2D eigenvalue weighted by atomic mass is 9.87. The van der Waals surface area contributed by atoms with Crippen LogP contribution >= 0.6 is 0 Å². The lowest BCUT2D eigenvalue weighted by Crippen LogP contribution is -2.51. The second-order valence-electron chi connectivity index (χ2n) is 7.44. The highest BCUT2D eigenvalue weighted by Crippen LogP contribution is 2.37. The molecule has 21 heavy (non-hydrogen) atoms. The van der Waals surface area contributed by atoms with Crippen LogP contribution in [0.2, 0.25) is 0 Å². The molecule has 0 radical (unpaired) electrons. The zero-order valence-corrected chi connectivity index (χ0v) is 13.3. The number of likely N-dealkylation sites (tertiary alicyclic amines) is 1. The van der Waals surface area contributed by atoms with Crippen LogP contribution in [0, 0.1) is 11.8 Å². The highest BCUT2D eigenvalue weighted by molar-refractivity contribution is 5.80. The Balaban J connectivity index is 1.92. The van der Waals surface area contributed by atoms with Gasteiger partial charge in [0.1, 0.15) is 11.6 Å². The molecule has 1 heterocycles. The molecule has 0 aromatic rings. The number of carbonyl (C=O) groups excluding carboxylic acids is 1. The fourth-order valence-corrected chi connectivity index (χ4v) is 2.95. The number of carboxylic acid groups (broad SMARTS) is 1. The zero-order chi connectivity index (χ0) is 15.6. The SMILES string of the molecule is CC(C)(C)OC(=O)N1CC[C@@H](CCC2CC2)C[C@H]1C(=O)O. The van der Waals surface area contributed by atoms with Gasteiger partial charge in [-0.05, 0) is 45.4 Å². The molecule has 1 aliphatic carbocycles. The molecule has 1 saturated heterocycles. The first-order chi connectivity index (χ1) is 9.76. The number of piperidine rings is 1. The number of hydrogen-bond acceptors (Lipinski definition) is 3. The van der Waals surface area contributed by atoms with E-state index in [0.717, 1.165) is 18.8 Å². The van der Waals surface area contributed by atoms with Gasteiger partial charge < -0.3 is 9.84 Å². The zero-order valence-electron chi connectivity index (χ0n) is 13.3. The molecule has 2 rings (SSSR count). The van der Waals surface area contributed by atoms with Crippen LogP contribution < -0.4 is 0 Å². The minimum Gasteiger partial charge on any atom is -0.480 e. The van der Waals surface area contributed by atoms with E-state index in [9.17, 15) is 14.7 Å². The smallest absolute Gasteiger partial charge is 0.411 e. The van der Waals surface area contributed by atoms with Crippen molar-refractivity contribution in [3.8, 4) is 0 Å². The van der Waals surface area contributed by atoms with Gasteiger partial charge in [0, 0.05) is 6.54 Å². The van der Waals surface area contributed by atoms with Crippen molar-refractivity contribution in [1.29, 1.82) is 0 Å². The summed E-state index contributed by atoms with van der Waals surface area (Å²) < 4.78 is 5.32. The Morgan fingerprint density at radius 1 is 1.14 bits per heavy atom. The Kier molecular flexibility index (Phi) is 4.79. The number of amides is 1. The first-order valence-corrected chi connectivity index (χ1v) is 7.98. The molecular weight excluding hydrogens is 270 g/mol. The lowest BCUT2D eigenvalue weighted by molar-refractivity contribution is -0.145. The summed E-state index contributed by atoms with van der Waals surface area (Å²) in [4.78, 5) is 25.0.